The van der Waals surface area contributed by atoms with Crippen LogP contribution in [0.15, 0.2) is 0 Å². The molecule has 0 aliphatic rings. The standard InChI is InChI=1S/2C2H5.Al.ClH.H2O.H/c2*1-2;;;;/h2*1H2,2H3;;1H;1H2;. The Morgan fingerprint density at radius 2 is 1.43 bits per heavy atom. The van der Waals surface area contributed by atoms with Gasteiger partial charge >= 0.3 is 0 Å². The summed E-state index contributed by atoms with van der Waals surface area (Å²) in [4.78, 5) is 0. The fourth-order valence-corrected chi connectivity index (χ4v) is 1.06. The van der Waals surface area contributed by atoms with Crippen molar-refractivity contribution in [1.82, 2.24) is 0 Å². The summed E-state index contributed by atoms with van der Waals surface area (Å²) >= 11 is 0.432. The molecule has 1 nitrogen and oxygen atoms in total. The van der Waals surface area contributed by atoms with Gasteiger partial charge in [-0.1, -0.05) is 13.8 Å². The van der Waals surface area contributed by atoms with E-state index in [1.54, 1.807) is 0 Å². The van der Waals surface area contributed by atoms with Crippen LogP contribution in [0, 0.1) is 0 Å². The third-order valence-corrected chi connectivity index (χ3v) is 2.12. The molecule has 0 spiro atoms. The molecule has 0 aromatic rings. The summed E-state index contributed by atoms with van der Waals surface area (Å²) < 4.78 is 0. The third-order valence-electron chi connectivity index (χ3n) is 0.707. The van der Waals surface area contributed by atoms with Crippen LogP contribution in [0.2, 0.25) is 10.6 Å². The molecule has 7 heavy (non-hydrogen) atoms. The average Bonchev–Trinajstić information content (AvgIpc) is 1.41. The van der Waals surface area contributed by atoms with Crippen LogP contribution in [-0.2, 0) is 0 Å². The second kappa shape index (κ2) is 15.9. The summed E-state index contributed by atoms with van der Waals surface area (Å²) in [6.45, 7) is 4.55. The van der Waals surface area contributed by atoms with Crippen LogP contribution in [-0.4, -0.2) is 20.7 Å². The molecule has 0 bridgehead atoms. The molecule has 0 amide bonds. The van der Waals surface area contributed by atoms with E-state index in [1.807, 2.05) is 0 Å². The van der Waals surface area contributed by atoms with Crippen molar-refractivity contribution in [2.45, 2.75) is 24.4 Å². The van der Waals surface area contributed by atoms with Crippen molar-refractivity contribution in [2.24, 2.45) is 0 Å². The molecular formula is C4H14AlClO. The van der Waals surface area contributed by atoms with Crippen LogP contribution in [0.3, 0.4) is 0 Å². The molecule has 0 fully saturated rings. The highest BCUT2D eigenvalue weighted by Gasteiger charge is 1.76. The molecule has 0 rings (SSSR count). The lowest BCUT2D eigenvalue weighted by Gasteiger charge is -1.73. The minimum atomic E-state index is 0. The van der Waals surface area contributed by atoms with Crippen molar-refractivity contribution < 1.29 is 5.48 Å². The predicted molar refractivity (Wildman–Crippen MR) is 39.0 cm³/mol. The largest absolute Gasteiger partial charge is 0.412 e. The fraction of sp³-hybridized carbons (Fsp3) is 1.00. The van der Waals surface area contributed by atoms with Gasteiger partial charge in [0.1, 0.15) is 0 Å². The zero-order chi connectivity index (χ0) is 4.12. The molecule has 2 N–H and O–H groups in total. The number of halogens is 1. The molecular weight excluding hydrogens is 126 g/mol. The number of hydrogen-bond acceptors (Lipinski definition) is 0. The highest BCUT2D eigenvalue weighted by molar-refractivity contribution is 6.34. The maximum absolute atomic E-state index is 2.27. The topological polar surface area (TPSA) is 31.5 Å². The second-order valence-electron chi connectivity index (χ2n) is 1.35. The summed E-state index contributed by atoms with van der Waals surface area (Å²) in [6, 6.07) is 0. The maximum atomic E-state index is 2.27. The Hall–Kier alpha value is 0.782. The summed E-state index contributed by atoms with van der Waals surface area (Å²) in [6.07, 6.45) is 0. The normalized spacial score (nSPS) is 5.43. The molecule has 0 aromatic carbocycles. The van der Waals surface area contributed by atoms with Gasteiger partial charge in [-0.25, -0.2) is 0 Å². The van der Waals surface area contributed by atoms with Crippen molar-refractivity contribution in [2.75, 3.05) is 0 Å². The summed E-state index contributed by atoms with van der Waals surface area (Å²) in [5, 5.41) is 2.97. The van der Waals surface area contributed by atoms with E-state index in [9.17, 15) is 0 Å². The minimum Gasteiger partial charge on any atom is -0.412 e. The Morgan fingerprint density at radius 3 is 1.43 bits per heavy atom. The summed E-state index contributed by atoms with van der Waals surface area (Å²) in [5.74, 6) is 0. The van der Waals surface area contributed by atoms with E-state index in [0.29, 0.717) is 15.2 Å². The fourth-order valence-electron chi connectivity index (χ4n) is 0.354. The molecule has 0 aliphatic heterocycles. The van der Waals surface area contributed by atoms with Gasteiger partial charge in [-0.3, -0.25) is 0 Å². The lowest BCUT2D eigenvalue weighted by atomic mass is 10.9. The summed E-state index contributed by atoms with van der Waals surface area (Å²) in [5.41, 5.74) is 0. The molecule has 0 saturated carbocycles. The first-order valence-corrected chi connectivity index (χ1v) is 4.41. The Labute approximate surface area is 57.9 Å². The number of hydrogen-bond donors (Lipinski definition) is 0. The monoisotopic (exact) mass is 140 g/mol. The van der Waals surface area contributed by atoms with Crippen LogP contribution in [0.5, 0.6) is 0 Å². The van der Waals surface area contributed by atoms with Crippen molar-refractivity contribution >= 4 is 27.6 Å². The van der Waals surface area contributed by atoms with E-state index in [1.165, 1.54) is 10.6 Å². The Balaban J connectivity index is -0.0000000800. The van der Waals surface area contributed by atoms with Gasteiger partial charge in [0.2, 0.25) is 15.2 Å². The molecule has 3 heteroatoms. The predicted octanol–water partition coefficient (Wildman–Crippen LogP) is 0.896. The molecule has 46 valence electrons. The molecule has 0 unspecified atom stereocenters. The Bertz CT molecular complexity index is 19.2. The van der Waals surface area contributed by atoms with E-state index < -0.39 is 0 Å². The van der Waals surface area contributed by atoms with Gasteiger partial charge in [-0.2, -0.15) is 0 Å². The van der Waals surface area contributed by atoms with Gasteiger partial charge in [-0.15, -0.1) is 23.0 Å². The van der Waals surface area contributed by atoms with Gasteiger partial charge in [0, 0.05) is 0 Å². The highest BCUT2D eigenvalue weighted by Crippen LogP contribution is 1.77. The molecule has 0 radical (unpaired) electrons. The third kappa shape index (κ3) is 20.0. The van der Waals surface area contributed by atoms with Crippen LogP contribution < -0.4 is 0 Å². The first-order valence-electron chi connectivity index (χ1n) is 2.41. The van der Waals surface area contributed by atoms with E-state index in [4.69, 9.17) is 0 Å². The van der Waals surface area contributed by atoms with Crippen LogP contribution >= 0.6 is 12.4 Å². The lowest BCUT2D eigenvalue weighted by molar-refractivity contribution is 0.824. The maximum Gasteiger partial charge on any atom is 0.236 e. The van der Waals surface area contributed by atoms with Crippen LogP contribution in [0.4, 0.5) is 0 Å². The van der Waals surface area contributed by atoms with Gasteiger partial charge in [0.05, 0.1) is 0 Å². The molecule has 0 heterocycles. The van der Waals surface area contributed by atoms with Gasteiger partial charge in [-0.05, 0) is 0 Å². The van der Waals surface area contributed by atoms with E-state index in [2.05, 4.69) is 13.8 Å². The molecule has 0 atom stereocenters. The average molecular weight is 141 g/mol. The zero-order valence-electron chi connectivity index (χ0n) is 5.03. The van der Waals surface area contributed by atoms with E-state index >= 15 is 0 Å². The Kier molecular flexibility index (Phi) is 35.4. The van der Waals surface area contributed by atoms with Gasteiger partial charge in [0.15, 0.2) is 0 Å². The van der Waals surface area contributed by atoms with Crippen LogP contribution in [0.25, 0.3) is 0 Å². The Morgan fingerprint density at radius 1 is 1.14 bits per heavy atom. The molecule has 0 aliphatic carbocycles. The SMILES string of the molecule is C[CH2][AlH][CH2]C.Cl.O. The first-order chi connectivity index (χ1) is 2.41. The van der Waals surface area contributed by atoms with Gasteiger partial charge in [0.25, 0.3) is 0 Å². The zero-order valence-corrected chi connectivity index (χ0v) is 7.26. The van der Waals surface area contributed by atoms with Crippen molar-refractivity contribution in [1.29, 1.82) is 0 Å². The van der Waals surface area contributed by atoms with Gasteiger partial charge < -0.3 is 5.48 Å². The second-order valence-corrected chi connectivity index (χ2v) is 4.06. The van der Waals surface area contributed by atoms with E-state index in [0.717, 1.165) is 0 Å². The minimum absolute atomic E-state index is 0. The first kappa shape index (κ1) is 15.7. The van der Waals surface area contributed by atoms with Crippen molar-refractivity contribution in [3.05, 3.63) is 0 Å². The molecule has 0 saturated heterocycles. The highest BCUT2D eigenvalue weighted by atomic mass is 35.5. The van der Waals surface area contributed by atoms with Crippen LogP contribution in [0.1, 0.15) is 13.8 Å². The summed E-state index contributed by atoms with van der Waals surface area (Å²) in [7, 11) is 0. The molecule has 0 aromatic heterocycles. The smallest absolute Gasteiger partial charge is 0.236 e. The quantitative estimate of drug-likeness (QED) is 0.511. The van der Waals surface area contributed by atoms with Crippen molar-refractivity contribution in [3.8, 4) is 0 Å². The number of rotatable bonds is 2. The lowest BCUT2D eigenvalue weighted by Crippen LogP contribution is -1.76. The van der Waals surface area contributed by atoms with E-state index in [-0.39, 0.29) is 17.9 Å². The van der Waals surface area contributed by atoms with Crippen molar-refractivity contribution in [3.63, 3.8) is 0 Å².